The topological polar surface area (TPSA) is 79.8 Å². The van der Waals surface area contributed by atoms with Gasteiger partial charge in [-0.2, -0.15) is 0 Å². The minimum atomic E-state index is 0.00979. The third-order valence-corrected chi connectivity index (χ3v) is 5.20. The fourth-order valence-corrected chi connectivity index (χ4v) is 3.43. The molecule has 1 aromatic heterocycles. The summed E-state index contributed by atoms with van der Waals surface area (Å²) in [6.07, 6.45) is 1.62. The SMILES string of the molecule is CCN1CCN(C(=O)c2cnc(NCc3ccc4c(c3)OCO4)nc2C)CC1. The van der Waals surface area contributed by atoms with E-state index in [1.54, 1.807) is 6.20 Å². The van der Waals surface area contributed by atoms with Gasteiger partial charge in [-0.25, -0.2) is 9.97 Å². The number of likely N-dealkylation sites (N-methyl/N-ethyl adjacent to an activating group) is 1. The zero-order valence-electron chi connectivity index (χ0n) is 16.3. The molecule has 1 amide bonds. The minimum Gasteiger partial charge on any atom is -0.454 e. The van der Waals surface area contributed by atoms with Gasteiger partial charge < -0.3 is 24.6 Å². The van der Waals surface area contributed by atoms with E-state index in [9.17, 15) is 4.79 Å². The molecule has 8 heteroatoms. The Morgan fingerprint density at radius 3 is 2.71 bits per heavy atom. The Bertz CT molecular complexity index is 865. The Hall–Kier alpha value is -2.87. The molecule has 2 aliphatic rings. The summed E-state index contributed by atoms with van der Waals surface area (Å²) < 4.78 is 10.7. The second-order valence-electron chi connectivity index (χ2n) is 6.96. The van der Waals surface area contributed by atoms with Gasteiger partial charge >= 0.3 is 0 Å². The number of fused-ring (bicyclic) bond motifs is 1. The molecule has 0 aliphatic carbocycles. The Kier molecular flexibility index (Phi) is 5.29. The highest BCUT2D eigenvalue weighted by molar-refractivity contribution is 5.95. The summed E-state index contributed by atoms with van der Waals surface area (Å²) in [5, 5.41) is 3.20. The number of aromatic nitrogens is 2. The van der Waals surface area contributed by atoms with Gasteiger partial charge in [0.2, 0.25) is 12.7 Å². The highest BCUT2D eigenvalue weighted by atomic mass is 16.7. The zero-order chi connectivity index (χ0) is 19.5. The summed E-state index contributed by atoms with van der Waals surface area (Å²) in [5.41, 5.74) is 2.30. The molecule has 0 bridgehead atoms. The summed E-state index contributed by atoms with van der Waals surface area (Å²) >= 11 is 0. The largest absolute Gasteiger partial charge is 0.454 e. The number of carbonyl (C=O) groups excluding carboxylic acids is 1. The third kappa shape index (κ3) is 3.87. The number of aryl methyl sites for hydroxylation is 1. The van der Waals surface area contributed by atoms with Crippen LogP contribution < -0.4 is 14.8 Å². The maximum atomic E-state index is 12.8. The van der Waals surface area contributed by atoms with E-state index in [1.165, 1.54) is 0 Å². The Labute approximate surface area is 164 Å². The number of hydrogen-bond acceptors (Lipinski definition) is 7. The van der Waals surface area contributed by atoms with Crippen molar-refractivity contribution in [2.24, 2.45) is 0 Å². The van der Waals surface area contributed by atoms with Crippen LogP contribution in [0.4, 0.5) is 5.95 Å². The van der Waals surface area contributed by atoms with Gasteiger partial charge in [0, 0.05) is 38.9 Å². The quantitative estimate of drug-likeness (QED) is 0.845. The highest BCUT2D eigenvalue weighted by Gasteiger charge is 2.23. The predicted molar refractivity (Wildman–Crippen MR) is 105 cm³/mol. The fourth-order valence-electron chi connectivity index (χ4n) is 3.43. The average Bonchev–Trinajstić information content (AvgIpc) is 3.20. The number of nitrogens with one attached hydrogen (secondary N) is 1. The fraction of sp³-hybridized carbons (Fsp3) is 0.450. The smallest absolute Gasteiger partial charge is 0.257 e. The molecule has 1 aromatic carbocycles. The number of hydrogen-bond donors (Lipinski definition) is 1. The molecule has 1 fully saturated rings. The van der Waals surface area contributed by atoms with Gasteiger partial charge in [-0.3, -0.25) is 4.79 Å². The molecule has 3 heterocycles. The van der Waals surface area contributed by atoms with E-state index in [-0.39, 0.29) is 12.7 Å². The van der Waals surface area contributed by atoms with Crippen LogP contribution in [0, 0.1) is 6.92 Å². The van der Waals surface area contributed by atoms with Crippen LogP contribution in [0.15, 0.2) is 24.4 Å². The lowest BCUT2D eigenvalue weighted by Gasteiger charge is -2.34. The number of anilines is 1. The van der Waals surface area contributed by atoms with Crippen LogP contribution in [-0.4, -0.2) is 65.2 Å². The number of piperazine rings is 1. The van der Waals surface area contributed by atoms with Crippen molar-refractivity contribution in [1.29, 1.82) is 0 Å². The summed E-state index contributed by atoms with van der Waals surface area (Å²) in [6, 6.07) is 5.81. The van der Waals surface area contributed by atoms with Crippen molar-refractivity contribution in [3.8, 4) is 11.5 Å². The molecule has 0 spiro atoms. The van der Waals surface area contributed by atoms with Gasteiger partial charge in [0.1, 0.15) is 0 Å². The first-order valence-corrected chi connectivity index (χ1v) is 9.61. The van der Waals surface area contributed by atoms with Crippen molar-refractivity contribution < 1.29 is 14.3 Å². The molecule has 2 aromatic rings. The number of carbonyl (C=O) groups is 1. The van der Waals surface area contributed by atoms with Crippen molar-refractivity contribution in [2.45, 2.75) is 20.4 Å². The summed E-state index contributed by atoms with van der Waals surface area (Å²) in [4.78, 5) is 25.8. The predicted octanol–water partition coefficient (Wildman–Crippen LogP) is 1.90. The van der Waals surface area contributed by atoms with Crippen LogP contribution in [0.2, 0.25) is 0 Å². The highest BCUT2D eigenvalue weighted by Crippen LogP contribution is 2.32. The molecule has 1 N–H and O–H groups in total. The lowest BCUT2D eigenvalue weighted by atomic mass is 10.2. The molecule has 8 nitrogen and oxygen atoms in total. The van der Waals surface area contributed by atoms with Crippen molar-refractivity contribution in [3.05, 3.63) is 41.2 Å². The second kappa shape index (κ2) is 8.02. The zero-order valence-corrected chi connectivity index (χ0v) is 16.3. The Morgan fingerprint density at radius 2 is 1.96 bits per heavy atom. The number of rotatable bonds is 5. The van der Waals surface area contributed by atoms with E-state index in [1.807, 2.05) is 30.0 Å². The van der Waals surface area contributed by atoms with Crippen LogP contribution in [-0.2, 0) is 6.54 Å². The summed E-state index contributed by atoms with van der Waals surface area (Å²) in [7, 11) is 0. The monoisotopic (exact) mass is 383 g/mol. The molecule has 0 saturated carbocycles. The number of ether oxygens (including phenoxy) is 2. The Morgan fingerprint density at radius 1 is 1.18 bits per heavy atom. The van der Waals surface area contributed by atoms with Gasteiger partial charge in [-0.05, 0) is 31.2 Å². The number of amides is 1. The maximum absolute atomic E-state index is 12.8. The molecule has 1 saturated heterocycles. The van der Waals surface area contributed by atoms with Gasteiger partial charge in [0.05, 0.1) is 11.3 Å². The van der Waals surface area contributed by atoms with E-state index in [0.29, 0.717) is 23.8 Å². The average molecular weight is 383 g/mol. The maximum Gasteiger partial charge on any atom is 0.257 e. The molecule has 0 unspecified atom stereocenters. The van der Waals surface area contributed by atoms with Crippen molar-refractivity contribution in [2.75, 3.05) is 44.8 Å². The van der Waals surface area contributed by atoms with E-state index in [2.05, 4.69) is 27.1 Å². The molecule has 4 rings (SSSR count). The van der Waals surface area contributed by atoms with Crippen molar-refractivity contribution in [3.63, 3.8) is 0 Å². The third-order valence-electron chi connectivity index (χ3n) is 5.20. The van der Waals surface area contributed by atoms with Crippen LogP contribution >= 0.6 is 0 Å². The lowest BCUT2D eigenvalue weighted by molar-refractivity contribution is 0.0641. The first-order valence-electron chi connectivity index (χ1n) is 9.61. The molecule has 2 aliphatic heterocycles. The molecular weight excluding hydrogens is 358 g/mol. The first kappa shape index (κ1) is 18.5. The number of nitrogens with zero attached hydrogens (tertiary/aromatic N) is 4. The molecule has 0 radical (unpaired) electrons. The normalized spacial score (nSPS) is 16.3. The van der Waals surface area contributed by atoms with Crippen LogP contribution in [0.25, 0.3) is 0 Å². The van der Waals surface area contributed by atoms with Gasteiger partial charge in [-0.1, -0.05) is 13.0 Å². The minimum absolute atomic E-state index is 0.00979. The van der Waals surface area contributed by atoms with E-state index < -0.39 is 0 Å². The summed E-state index contributed by atoms with van der Waals surface area (Å²) in [5.74, 6) is 2.03. The first-order chi connectivity index (χ1) is 13.6. The van der Waals surface area contributed by atoms with E-state index in [4.69, 9.17) is 9.47 Å². The lowest BCUT2D eigenvalue weighted by Crippen LogP contribution is -2.48. The van der Waals surface area contributed by atoms with Crippen molar-refractivity contribution in [1.82, 2.24) is 19.8 Å². The van der Waals surface area contributed by atoms with Crippen LogP contribution in [0.3, 0.4) is 0 Å². The van der Waals surface area contributed by atoms with Gasteiger partial charge in [0.15, 0.2) is 11.5 Å². The molecular formula is C20H25N5O3. The van der Waals surface area contributed by atoms with Crippen LogP contribution in [0.1, 0.15) is 28.5 Å². The molecule has 28 heavy (non-hydrogen) atoms. The van der Waals surface area contributed by atoms with Gasteiger partial charge in [-0.15, -0.1) is 0 Å². The molecule has 148 valence electrons. The van der Waals surface area contributed by atoms with Crippen LogP contribution in [0.5, 0.6) is 11.5 Å². The van der Waals surface area contributed by atoms with Crippen molar-refractivity contribution >= 4 is 11.9 Å². The second-order valence-corrected chi connectivity index (χ2v) is 6.96. The van der Waals surface area contributed by atoms with E-state index in [0.717, 1.165) is 49.8 Å². The van der Waals surface area contributed by atoms with E-state index >= 15 is 0 Å². The molecule has 0 atom stereocenters. The summed E-state index contributed by atoms with van der Waals surface area (Å²) in [6.45, 7) is 9.16. The Balaban J connectivity index is 1.38. The standard InChI is InChI=1S/C20H25N5O3/c1-3-24-6-8-25(9-7-24)19(26)16-12-22-20(23-14(16)2)21-11-15-4-5-17-18(10-15)28-13-27-17/h4-5,10,12H,3,6-9,11,13H2,1-2H3,(H,21,22,23). The number of benzene rings is 1. The van der Waals surface area contributed by atoms with Gasteiger partial charge in [0.25, 0.3) is 5.91 Å².